The molecule has 2 rings (SSSR count). The molecule has 0 aliphatic rings. The second-order valence-electron chi connectivity index (χ2n) is 3.76. The average Bonchev–Trinajstić information content (AvgIpc) is 2.37. The Bertz CT molecular complexity index is 651. The fourth-order valence-corrected chi connectivity index (χ4v) is 1.49. The minimum atomic E-state index is -0.956. The van der Waals surface area contributed by atoms with Crippen molar-refractivity contribution in [2.75, 3.05) is 5.73 Å². The fourth-order valence-electron chi connectivity index (χ4n) is 1.49. The number of carboxylic acids is 1. The topological polar surface area (TPSA) is 63.3 Å². The lowest BCUT2D eigenvalue weighted by molar-refractivity contribution is 0.0697. The Balaban J connectivity index is 2.30. The van der Waals surface area contributed by atoms with E-state index in [-0.39, 0.29) is 5.56 Å². The summed E-state index contributed by atoms with van der Waals surface area (Å²) in [5.74, 6) is 4.90. The normalized spacial score (nSPS) is 9.33. The maximum atomic E-state index is 10.8. The third-order valence-corrected chi connectivity index (χ3v) is 2.35. The SMILES string of the molecule is Nc1cccc(C#Cc2cccc(C(=O)O)c2)c1. The van der Waals surface area contributed by atoms with Crippen LogP contribution in [0.4, 0.5) is 5.69 Å². The van der Waals surface area contributed by atoms with Crippen LogP contribution in [-0.2, 0) is 0 Å². The molecule has 0 radical (unpaired) electrons. The van der Waals surface area contributed by atoms with Crippen LogP contribution in [0.5, 0.6) is 0 Å². The van der Waals surface area contributed by atoms with Gasteiger partial charge in [-0.3, -0.25) is 0 Å². The molecule has 0 saturated heterocycles. The van der Waals surface area contributed by atoms with Crippen LogP contribution in [0.1, 0.15) is 21.5 Å². The minimum Gasteiger partial charge on any atom is -0.478 e. The molecular formula is C15H11NO2. The molecule has 0 atom stereocenters. The van der Waals surface area contributed by atoms with E-state index in [1.807, 2.05) is 12.1 Å². The summed E-state index contributed by atoms with van der Waals surface area (Å²) >= 11 is 0. The largest absolute Gasteiger partial charge is 0.478 e. The molecule has 0 spiro atoms. The van der Waals surface area contributed by atoms with E-state index >= 15 is 0 Å². The van der Waals surface area contributed by atoms with Crippen molar-refractivity contribution in [3.05, 3.63) is 65.2 Å². The van der Waals surface area contributed by atoms with E-state index in [1.54, 1.807) is 30.3 Å². The Morgan fingerprint density at radius 1 is 1.00 bits per heavy atom. The molecule has 0 aliphatic heterocycles. The minimum absolute atomic E-state index is 0.231. The summed E-state index contributed by atoms with van der Waals surface area (Å²) in [6.45, 7) is 0. The lowest BCUT2D eigenvalue weighted by Gasteiger charge is -1.95. The van der Waals surface area contributed by atoms with Crippen LogP contribution in [0.3, 0.4) is 0 Å². The molecule has 3 heteroatoms. The van der Waals surface area contributed by atoms with Crippen molar-refractivity contribution in [2.24, 2.45) is 0 Å². The van der Waals surface area contributed by atoms with Gasteiger partial charge in [0, 0.05) is 16.8 Å². The van der Waals surface area contributed by atoms with Gasteiger partial charge in [-0.25, -0.2) is 4.79 Å². The highest BCUT2D eigenvalue weighted by atomic mass is 16.4. The molecule has 3 N–H and O–H groups in total. The van der Waals surface area contributed by atoms with Gasteiger partial charge in [0.15, 0.2) is 0 Å². The van der Waals surface area contributed by atoms with E-state index in [2.05, 4.69) is 11.8 Å². The highest BCUT2D eigenvalue weighted by molar-refractivity contribution is 5.88. The zero-order chi connectivity index (χ0) is 13.0. The third-order valence-electron chi connectivity index (χ3n) is 2.35. The van der Waals surface area contributed by atoms with Gasteiger partial charge in [-0.2, -0.15) is 0 Å². The molecular weight excluding hydrogens is 226 g/mol. The summed E-state index contributed by atoms with van der Waals surface area (Å²) in [5, 5.41) is 8.87. The summed E-state index contributed by atoms with van der Waals surface area (Å²) in [6.07, 6.45) is 0. The Hall–Kier alpha value is -2.73. The van der Waals surface area contributed by atoms with Crippen molar-refractivity contribution in [3.63, 3.8) is 0 Å². The summed E-state index contributed by atoms with van der Waals surface area (Å²) in [5.41, 5.74) is 8.00. The maximum Gasteiger partial charge on any atom is 0.335 e. The van der Waals surface area contributed by atoms with Crippen molar-refractivity contribution in [1.82, 2.24) is 0 Å². The van der Waals surface area contributed by atoms with Crippen LogP contribution in [0.15, 0.2) is 48.5 Å². The summed E-state index contributed by atoms with van der Waals surface area (Å²) < 4.78 is 0. The first-order chi connectivity index (χ1) is 8.65. The number of benzene rings is 2. The van der Waals surface area contributed by atoms with Crippen molar-refractivity contribution >= 4 is 11.7 Å². The standard InChI is InChI=1S/C15H11NO2/c16-14-6-2-4-12(10-14)8-7-11-3-1-5-13(9-11)15(17)18/h1-6,9-10H,16H2,(H,17,18). The van der Waals surface area contributed by atoms with Crippen molar-refractivity contribution in [1.29, 1.82) is 0 Å². The first-order valence-electron chi connectivity index (χ1n) is 5.36. The molecule has 0 aromatic heterocycles. The first kappa shape index (κ1) is 11.7. The molecule has 3 nitrogen and oxygen atoms in total. The molecule has 0 bridgehead atoms. The molecule has 0 heterocycles. The van der Waals surface area contributed by atoms with Crippen LogP contribution >= 0.6 is 0 Å². The molecule has 0 fully saturated rings. The molecule has 0 amide bonds. The molecule has 18 heavy (non-hydrogen) atoms. The smallest absolute Gasteiger partial charge is 0.335 e. The lowest BCUT2D eigenvalue weighted by Crippen LogP contribution is -1.95. The second-order valence-corrected chi connectivity index (χ2v) is 3.76. The Morgan fingerprint density at radius 3 is 2.22 bits per heavy atom. The monoisotopic (exact) mass is 237 g/mol. The maximum absolute atomic E-state index is 10.8. The van der Waals surface area contributed by atoms with E-state index < -0.39 is 5.97 Å². The predicted octanol–water partition coefficient (Wildman–Crippen LogP) is 2.37. The van der Waals surface area contributed by atoms with E-state index in [0.29, 0.717) is 11.3 Å². The zero-order valence-electron chi connectivity index (χ0n) is 9.55. The lowest BCUT2D eigenvalue weighted by atomic mass is 10.1. The molecule has 2 aromatic rings. The van der Waals surface area contributed by atoms with Gasteiger partial charge in [0.1, 0.15) is 0 Å². The fraction of sp³-hybridized carbons (Fsp3) is 0. The van der Waals surface area contributed by atoms with Gasteiger partial charge in [0.25, 0.3) is 0 Å². The molecule has 88 valence electrons. The van der Waals surface area contributed by atoms with Gasteiger partial charge in [-0.15, -0.1) is 0 Å². The van der Waals surface area contributed by atoms with E-state index in [0.717, 1.165) is 5.56 Å². The Kier molecular flexibility index (Phi) is 3.31. The second kappa shape index (κ2) is 5.07. The summed E-state index contributed by atoms with van der Waals surface area (Å²) in [7, 11) is 0. The highest BCUT2D eigenvalue weighted by Crippen LogP contribution is 2.07. The summed E-state index contributed by atoms with van der Waals surface area (Å²) in [4.78, 5) is 10.8. The predicted molar refractivity (Wildman–Crippen MR) is 70.2 cm³/mol. The quantitative estimate of drug-likeness (QED) is 0.591. The number of rotatable bonds is 1. The van der Waals surface area contributed by atoms with Crippen LogP contribution in [0.25, 0.3) is 0 Å². The first-order valence-corrected chi connectivity index (χ1v) is 5.36. The Morgan fingerprint density at radius 2 is 1.61 bits per heavy atom. The van der Waals surface area contributed by atoms with Gasteiger partial charge in [0.05, 0.1) is 5.56 Å². The van der Waals surface area contributed by atoms with Crippen LogP contribution < -0.4 is 5.73 Å². The number of carboxylic acid groups (broad SMARTS) is 1. The van der Waals surface area contributed by atoms with Crippen LogP contribution in [0, 0.1) is 11.8 Å². The van der Waals surface area contributed by atoms with Crippen LogP contribution in [-0.4, -0.2) is 11.1 Å². The number of aromatic carboxylic acids is 1. The zero-order valence-corrected chi connectivity index (χ0v) is 9.55. The van der Waals surface area contributed by atoms with E-state index in [4.69, 9.17) is 10.8 Å². The van der Waals surface area contributed by atoms with Crippen molar-refractivity contribution in [2.45, 2.75) is 0 Å². The van der Waals surface area contributed by atoms with E-state index in [9.17, 15) is 4.79 Å². The van der Waals surface area contributed by atoms with Gasteiger partial charge in [-0.05, 0) is 36.4 Å². The van der Waals surface area contributed by atoms with Gasteiger partial charge < -0.3 is 10.8 Å². The van der Waals surface area contributed by atoms with Crippen molar-refractivity contribution < 1.29 is 9.90 Å². The Labute approximate surface area is 105 Å². The van der Waals surface area contributed by atoms with Crippen molar-refractivity contribution in [3.8, 4) is 11.8 Å². The number of hydrogen-bond acceptors (Lipinski definition) is 2. The molecule has 2 aromatic carbocycles. The van der Waals surface area contributed by atoms with Gasteiger partial charge >= 0.3 is 5.97 Å². The molecule has 0 aliphatic carbocycles. The van der Waals surface area contributed by atoms with Crippen LogP contribution in [0.2, 0.25) is 0 Å². The average molecular weight is 237 g/mol. The molecule has 0 unspecified atom stereocenters. The number of anilines is 1. The number of nitrogens with two attached hydrogens (primary N) is 1. The molecule has 0 saturated carbocycles. The number of carbonyl (C=O) groups is 1. The highest BCUT2D eigenvalue weighted by Gasteiger charge is 2.01. The summed E-state index contributed by atoms with van der Waals surface area (Å²) in [6, 6.07) is 13.8. The van der Waals surface area contributed by atoms with E-state index in [1.165, 1.54) is 6.07 Å². The van der Waals surface area contributed by atoms with Gasteiger partial charge in [-0.1, -0.05) is 24.0 Å². The number of nitrogen functional groups attached to an aromatic ring is 1. The van der Waals surface area contributed by atoms with Gasteiger partial charge in [0.2, 0.25) is 0 Å². The number of hydrogen-bond donors (Lipinski definition) is 2. The third kappa shape index (κ3) is 2.89.